The van der Waals surface area contributed by atoms with E-state index in [1.54, 1.807) is 0 Å². The molecule has 0 saturated heterocycles. The second kappa shape index (κ2) is 3.89. The zero-order chi connectivity index (χ0) is 12.8. The largest absolute Gasteiger partial charge is 0.481 e. The van der Waals surface area contributed by atoms with Gasteiger partial charge >= 0.3 is 12.1 Å². The van der Waals surface area contributed by atoms with Crippen LogP contribution in [-0.2, 0) is 9.53 Å². The Balaban J connectivity index is 1.74. The summed E-state index contributed by atoms with van der Waals surface area (Å²) in [6.07, 6.45) is 1.12. The zero-order valence-electron chi connectivity index (χ0n) is 10.4. The van der Waals surface area contributed by atoms with Gasteiger partial charge in [-0.15, -0.1) is 0 Å². The smallest absolute Gasteiger partial charge is 0.407 e. The highest BCUT2D eigenvalue weighted by Crippen LogP contribution is 2.57. The van der Waals surface area contributed by atoms with Crippen LogP contribution < -0.4 is 5.32 Å². The van der Waals surface area contributed by atoms with Gasteiger partial charge in [0.1, 0.15) is 5.60 Å². The second-order valence-electron chi connectivity index (χ2n) is 6.01. The minimum absolute atomic E-state index is 0.0791. The Morgan fingerprint density at radius 2 is 1.76 bits per heavy atom. The van der Waals surface area contributed by atoms with Crippen LogP contribution in [0.1, 0.15) is 33.6 Å². The van der Waals surface area contributed by atoms with Crippen molar-refractivity contribution in [3.63, 3.8) is 0 Å². The molecule has 0 bridgehead atoms. The molecule has 2 rings (SSSR count). The number of nitrogens with one attached hydrogen (secondary N) is 1. The summed E-state index contributed by atoms with van der Waals surface area (Å²) in [7, 11) is 0. The normalized spacial score (nSPS) is 35.0. The molecule has 0 aromatic rings. The SMILES string of the molecule is CC(C)(C)OC(=O)NC1C[C@@H]2C(C(=O)O)[C@@H]2C1. The van der Waals surface area contributed by atoms with Crippen LogP contribution in [-0.4, -0.2) is 28.8 Å². The van der Waals surface area contributed by atoms with Gasteiger partial charge in [0.2, 0.25) is 0 Å². The third kappa shape index (κ3) is 2.70. The molecule has 2 N–H and O–H groups in total. The second-order valence-corrected chi connectivity index (χ2v) is 6.01. The maximum absolute atomic E-state index is 11.5. The number of carbonyl (C=O) groups excluding carboxylic acids is 1. The number of carboxylic acid groups (broad SMARTS) is 1. The number of alkyl carbamates (subject to hydrolysis) is 1. The minimum Gasteiger partial charge on any atom is -0.481 e. The fraction of sp³-hybridized carbons (Fsp3) is 0.833. The van der Waals surface area contributed by atoms with E-state index in [1.807, 2.05) is 20.8 Å². The van der Waals surface area contributed by atoms with Crippen LogP contribution in [0.2, 0.25) is 0 Å². The summed E-state index contributed by atoms with van der Waals surface area (Å²) >= 11 is 0. The molecule has 0 aliphatic heterocycles. The number of rotatable bonds is 2. The van der Waals surface area contributed by atoms with Crippen LogP contribution >= 0.6 is 0 Å². The van der Waals surface area contributed by atoms with E-state index < -0.39 is 17.7 Å². The molecule has 5 heteroatoms. The van der Waals surface area contributed by atoms with Gasteiger partial charge in [-0.2, -0.15) is 0 Å². The number of amides is 1. The summed E-state index contributed by atoms with van der Waals surface area (Å²) < 4.78 is 5.16. The molecule has 0 aromatic heterocycles. The van der Waals surface area contributed by atoms with Gasteiger partial charge < -0.3 is 15.2 Å². The Labute approximate surface area is 101 Å². The quantitative estimate of drug-likeness (QED) is 0.770. The molecule has 2 aliphatic carbocycles. The Morgan fingerprint density at radius 3 is 2.18 bits per heavy atom. The van der Waals surface area contributed by atoms with E-state index in [1.165, 1.54) is 0 Å². The molecule has 4 atom stereocenters. The first kappa shape index (κ1) is 12.2. The van der Waals surface area contributed by atoms with E-state index in [-0.39, 0.29) is 23.8 Å². The molecule has 0 aromatic carbocycles. The van der Waals surface area contributed by atoms with E-state index in [9.17, 15) is 9.59 Å². The van der Waals surface area contributed by atoms with Gasteiger partial charge in [0.05, 0.1) is 5.92 Å². The lowest BCUT2D eigenvalue weighted by molar-refractivity contribution is -0.139. The van der Waals surface area contributed by atoms with Crippen molar-refractivity contribution in [2.24, 2.45) is 17.8 Å². The first-order chi connectivity index (χ1) is 7.78. The lowest BCUT2D eigenvalue weighted by atomic mass is 10.1. The first-order valence-corrected chi connectivity index (χ1v) is 6.00. The maximum Gasteiger partial charge on any atom is 0.407 e. The van der Waals surface area contributed by atoms with E-state index in [2.05, 4.69) is 5.32 Å². The van der Waals surface area contributed by atoms with Crippen LogP contribution in [0.3, 0.4) is 0 Å². The van der Waals surface area contributed by atoms with Crippen molar-refractivity contribution >= 4 is 12.1 Å². The predicted molar refractivity (Wildman–Crippen MR) is 60.5 cm³/mol. The fourth-order valence-electron chi connectivity index (χ4n) is 2.80. The van der Waals surface area contributed by atoms with Crippen molar-refractivity contribution in [3.05, 3.63) is 0 Å². The standard InChI is InChI=1S/C12H19NO4/c1-12(2,3)17-11(16)13-6-4-7-8(5-6)9(7)10(14)15/h6-9H,4-5H2,1-3H3,(H,13,16)(H,14,15)/t6?,7-,8+,9?. The minimum atomic E-state index is -0.698. The molecule has 17 heavy (non-hydrogen) atoms. The molecule has 0 radical (unpaired) electrons. The number of ether oxygens (including phenoxy) is 1. The first-order valence-electron chi connectivity index (χ1n) is 6.00. The van der Waals surface area contributed by atoms with Crippen LogP contribution in [0.15, 0.2) is 0 Å². The monoisotopic (exact) mass is 241 g/mol. The average molecular weight is 241 g/mol. The highest BCUT2D eigenvalue weighted by molar-refractivity contribution is 5.75. The van der Waals surface area contributed by atoms with Crippen molar-refractivity contribution in [3.8, 4) is 0 Å². The van der Waals surface area contributed by atoms with E-state index in [0.29, 0.717) is 0 Å². The molecule has 0 heterocycles. The van der Waals surface area contributed by atoms with Gasteiger partial charge in [-0.3, -0.25) is 4.79 Å². The van der Waals surface area contributed by atoms with Gasteiger partial charge in [0.25, 0.3) is 0 Å². The third-order valence-corrected chi connectivity index (χ3v) is 3.45. The summed E-state index contributed by atoms with van der Waals surface area (Å²) in [6.45, 7) is 5.46. The van der Waals surface area contributed by atoms with Crippen LogP contribution in [0.4, 0.5) is 4.79 Å². The number of carbonyl (C=O) groups is 2. The zero-order valence-corrected chi connectivity index (χ0v) is 10.4. The number of hydrogen-bond donors (Lipinski definition) is 2. The van der Waals surface area contributed by atoms with Gasteiger partial charge in [-0.05, 0) is 45.4 Å². The van der Waals surface area contributed by atoms with E-state index in [4.69, 9.17) is 9.84 Å². The Kier molecular flexibility index (Phi) is 2.79. The van der Waals surface area contributed by atoms with Gasteiger partial charge in [0.15, 0.2) is 0 Å². The number of hydrogen-bond acceptors (Lipinski definition) is 3. The molecular formula is C12H19NO4. The summed E-state index contributed by atoms with van der Waals surface area (Å²) in [6, 6.07) is 0.0791. The number of carboxylic acids is 1. The Bertz CT molecular complexity index is 335. The summed E-state index contributed by atoms with van der Waals surface area (Å²) in [5.41, 5.74) is -0.491. The highest BCUT2D eigenvalue weighted by atomic mass is 16.6. The Hall–Kier alpha value is -1.26. The van der Waals surface area contributed by atoms with Crippen molar-refractivity contribution in [1.29, 1.82) is 0 Å². The molecule has 5 nitrogen and oxygen atoms in total. The van der Waals surface area contributed by atoms with Crippen LogP contribution in [0.5, 0.6) is 0 Å². The molecule has 96 valence electrons. The van der Waals surface area contributed by atoms with Gasteiger partial charge in [0, 0.05) is 6.04 Å². The topological polar surface area (TPSA) is 75.6 Å². The third-order valence-electron chi connectivity index (χ3n) is 3.45. The van der Waals surface area contributed by atoms with Crippen molar-refractivity contribution < 1.29 is 19.4 Å². The average Bonchev–Trinajstić information content (AvgIpc) is 2.61. The van der Waals surface area contributed by atoms with Crippen molar-refractivity contribution in [2.45, 2.75) is 45.3 Å². The van der Waals surface area contributed by atoms with E-state index >= 15 is 0 Å². The maximum atomic E-state index is 11.5. The summed E-state index contributed by atoms with van der Waals surface area (Å²) in [4.78, 5) is 22.3. The number of fused-ring (bicyclic) bond motifs is 1. The summed E-state index contributed by atoms with van der Waals surface area (Å²) in [5, 5.41) is 11.7. The molecular weight excluding hydrogens is 222 g/mol. The van der Waals surface area contributed by atoms with Crippen molar-refractivity contribution in [2.75, 3.05) is 0 Å². The number of aliphatic carboxylic acids is 1. The predicted octanol–water partition coefficient (Wildman–Crippen LogP) is 1.62. The highest BCUT2D eigenvalue weighted by Gasteiger charge is 2.60. The molecule has 1 amide bonds. The van der Waals surface area contributed by atoms with Gasteiger partial charge in [-0.25, -0.2) is 4.79 Å². The Morgan fingerprint density at radius 1 is 1.24 bits per heavy atom. The molecule has 2 saturated carbocycles. The molecule has 2 unspecified atom stereocenters. The van der Waals surface area contributed by atoms with Crippen molar-refractivity contribution in [1.82, 2.24) is 5.32 Å². The lowest BCUT2D eigenvalue weighted by Gasteiger charge is -2.22. The molecule has 2 fully saturated rings. The van der Waals surface area contributed by atoms with Gasteiger partial charge in [-0.1, -0.05) is 0 Å². The van der Waals surface area contributed by atoms with E-state index in [0.717, 1.165) is 12.8 Å². The lowest BCUT2D eigenvalue weighted by Crippen LogP contribution is -2.38. The molecule has 0 spiro atoms. The molecule has 2 aliphatic rings. The fourth-order valence-corrected chi connectivity index (χ4v) is 2.80. The van der Waals surface area contributed by atoms with Crippen LogP contribution in [0.25, 0.3) is 0 Å². The van der Waals surface area contributed by atoms with Crippen LogP contribution in [0, 0.1) is 17.8 Å². The summed E-state index contributed by atoms with van der Waals surface area (Å²) in [5.74, 6) is -0.359.